The van der Waals surface area contributed by atoms with Gasteiger partial charge in [-0.2, -0.15) is 0 Å². The fourth-order valence-electron chi connectivity index (χ4n) is 1.93. The second-order valence-electron chi connectivity index (χ2n) is 4.85. The van der Waals surface area contributed by atoms with Crippen molar-refractivity contribution in [3.63, 3.8) is 0 Å². The smallest absolute Gasteiger partial charge is 0.339 e. The molecule has 118 valence electrons. The predicted octanol–water partition coefficient (Wildman–Crippen LogP) is 0.493. The third-order valence-electron chi connectivity index (χ3n) is 2.75. The molecule has 0 radical (unpaired) electrons. The molecule has 0 bridgehead atoms. The van der Waals surface area contributed by atoms with E-state index in [2.05, 4.69) is 9.46 Å². The second kappa shape index (κ2) is 6.88. The Labute approximate surface area is 124 Å². The number of nitrogens with one attached hydrogen (secondary N) is 1. The number of carbonyl (C=O) groups is 1. The molecule has 8 heteroatoms. The zero-order valence-electron chi connectivity index (χ0n) is 12.2. The Morgan fingerprint density at radius 2 is 2.05 bits per heavy atom. The number of benzene rings is 1. The van der Waals surface area contributed by atoms with Gasteiger partial charge in [0.25, 0.3) is 0 Å². The van der Waals surface area contributed by atoms with Gasteiger partial charge in [-0.05, 0) is 38.5 Å². The van der Waals surface area contributed by atoms with Gasteiger partial charge in [0.05, 0.1) is 23.7 Å². The first kappa shape index (κ1) is 17.4. The van der Waals surface area contributed by atoms with Gasteiger partial charge in [0.1, 0.15) is 0 Å². The van der Waals surface area contributed by atoms with E-state index in [0.717, 1.165) is 0 Å². The Hall–Kier alpha value is -1.64. The van der Waals surface area contributed by atoms with Crippen LogP contribution in [-0.4, -0.2) is 38.7 Å². The van der Waals surface area contributed by atoms with Crippen LogP contribution in [-0.2, 0) is 14.8 Å². The summed E-state index contributed by atoms with van der Waals surface area (Å²) in [5.74, 6) is -0.765. The number of ether oxygens (including phenoxy) is 1. The number of hydrogen-bond acceptors (Lipinski definition) is 6. The van der Waals surface area contributed by atoms with Crippen LogP contribution >= 0.6 is 0 Å². The number of aliphatic hydroxyl groups is 1. The minimum absolute atomic E-state index is 0.0940. The van der Waals surface area contributed by atoms with E-state index in [-0.39, 0.29) is 22.6 Å². The van der Waals surface area contributed by atoms with E-state index in [1.807, 2.05) is 0 Å². The van der Waals surface area contributed by atoms with Crippen LogP contribution in [0.5, 0.6) is 0 Å². The highest BCUT2D eigenvalue weighted by atomic mass is 32.2. The molecule has 4 N–H and O–H groups in total. The maximum Gasteiger partial charge on any atom is 0.339 e. The average molecular weight is 316 g/mol. The molecule has 0 aliphatic rings. The van der Waals surface area contributed by atoms with Crippen molar-refractivity contribution in [3.05, 3.63) is 23.8 Å². The van der Waals surface area contributed by atoms with Gasteiger partial charge in [0.15, 0.2) is 0 Å². The summed E-state index contributed by atoms with van der Waals surface area (Å²) < 4.78 is 31.7. The number of hydrogen-bond donors (Lipinski definition) is 3. The van der Waals surface area contributed by atoms with Crippen LogP contribution in [0.25, 0.3) is 0 Å². The lowest BCUT2D eigenvalue weighted by Gasteiger charge is -2.17. The van der Waals surface area contributed by atoms with Crippen molar-refractivity contribution in [1.29, 1.82) is 0 Å². The molecule has 0 spiro atoms. The molecule has 0 aliphatic heterocycles. The molecule has 1 aromatic rings. The molecular weight excluding hydrogens is 296 g/mol. The van der Waals surface area contributed by atoms with Gasteiger partial charge < -0.3 is 15.6 Å². The van der Waals surface area contributed by atoms with Gasteiger partial charge >= 0.3 is 5.97 Å². The van der Waals surface area contributed by atoms with Crippen molar-refractivity contribution in [2.24, 2.45) is 0 Å². The highest BCUT2D eigenvalue weighted by Crippen LogP contribution is 2.20. The van der Waals surface area contributed by atoms with Crippen molar-refractivity contribution in [1.82, 2.24) is 4.72 Å². The standard InChI is InChI=1S/C13H20N2O5S/c1-8(6-9(2)16)15-21(18,19)12-7-10(14)4-5-11(12)13(17)20-3/h4-5,7-9,15-16H,6,14H2,1-3H3. The molecule has 1 aromatic carbocycles. The summed E-state index contributed by atoms with van der Waals surface area (Å²) in [6.45, 7) is 3.18. The number of nitrogens with two attached hydrogens (primary N) is 1. The molecule has 2 unspecified atom stereocenters. The number of nitrogen functional groups attached to an aromatic ring is 1. The van der Waals surface area contributed by atoms with E-state index in [1.165, 1.54) is 25.3 Å². The van der Waals surface area contributed by atoms with Crippen molar-refractivity contribution < 1.29 is 23.1 Å². The third-order valence-corrected chi connectivity index (χ3v) is 4.38. The lowest BCUT2D eigenvalue weighted by Crippen LogP contribution is -2.35. The first-order valence-electron chi connectivity index (χ1n) is 6.35. The number of anilines is 1. The Morgan fingerprint density at radius 1 is 1.43 bits per heavy atom. The van der Waals surface area contributed by atoms with Gasteiger partial charge in [-0.15, -0.1) is 0 Å². The first-order chi connectivity index (χ1) is 9.67. The number of carbonyl (C=O) groups excluding carboxylic acids is 1. The number of methoxy groups -OCH3 is 1. The van der Waals surface area contributed by atoms with Gasteiger partial charge in [-0.1, -0.05) is 0 Å². The second-order valence-corrected chi connectivity index (χ2v) is 6.54. The molecule has 1 rings (SSSR count). The Bertz CT molecular complexity index is 613. The lowest BCUT2D eigenvalue weighted by molar-refractivity contribution is 0.0596. The van der Waals surface area contributed by atoms with Gasteiger partial charge in [-0.3, -0.25) is 0 Å². The predicted molar refractivity (Wildman–Crippen MR) is 78.3 cm³/mol. The van der Waals surface area contributed by atoms with Crippen LogP contribution in [0, 0.1) is 0 Å². The molecule has 0 saturated carbocycles. The summed E-state index contributed by atoms with van der Waals surface area (Å²) in [6.07, 6.45) is -0.404. The highest BCUT2D eigenvalue weighted by Gasteiger charge is 2.25. The average Bonchev–Trinajstić information content (AvgIpc) is 2.36. The van der Waals surface area contributed by atoms with E-state index >= 15 is 0 Å². The minimum Gasteiger partial charge on any atom is -0.465 e. The summed E-state index contributed by atoms with van der Waals surface area (Å²) >= 11 is 0. The molecule has 21 heavy (non-hydrogen) atoms. The normalized spacial score (nSPS) is 14.5. The zero-order chi connectivity index (χ0) is 16.2. The minimum atomic E-state index is -3.96. The number of rotatable bonds is 6. The molecule has 7 nitrogen and oxygen atoms in total. The van der Waals surface area contributed by atoms with Gasteiger partial charge in [0, 0.05) is 11.7 Å². The van der Waals surface area contributed by atoms with Gasteiger partial charge in [0.2, 0.25) is 10.0 Å². The van der Waals surface area contributed by atoms with Crippen molar-refractivity contribution in [3.8, 4) is 0 Å². The molecule has 2 atom stereocenters. The molecule has 0 aromatic heterocycles. The quantitative estimate of drug-likeness (QED) is 0.519. The fourth-order valence-corrected chi connectivity index (χ4v) is 3.41. The van der Waals surface area contributed by atoms with Crippen LogP contribution in [0.4, 0.5) is 5.69 Å². The van der Waals surface area contributed by atoms with Crippen molar-refractivity contribution in [2.75, 3.05) is 12.8 Å². The van der Waals surface area contributed by atoms with Crippen molar-refractivity contribution >= 4 is 21.7 Å². The van der Waals surface area contributed by atoms with E-state index in [0.29, 0.717) is 0 Å². The summed E-state index contributed by atoms with van der Waals surface area (Å²) in [4.78, 5) is 11.4. The molecule has 0 heterocycles. The molecule has 0 aliphatic carbocycles. The molecular formula is C13H20N2O5S. The first-order valence-corrected chi connectivity index (χ1v) is 7.84. The Kier molecular flexibility index (Phi) is 5.70. The van der Waals surface area contributed by atoms with Gasteiger partial charge in [-0.25, -0.2) is 17.9 Å². The SMILES string of the molecule is COC(=O)c1ccc(N)cc1S(=O)(=O)NC(C)CC(C)O. The summed E-state index contributed by atoms with van der Waals surface area (Å²) in [6, 6.07) is 3.42. The van der Waals surface area contributed by atoms with Crippen LogP contribution in [0.15, 0.2) is 23.1 Å². The molecule has 0 fully saturated rings. The topological polar surface area (TPSA) is 119 Å². The number of esters is 1. The molecule has 0 saturated heterocycles. The number of sulfonamides is 1. The van der Waals surface area contributed by atoms with Crippen LogP contribution in [0.3, 0.4) is 0 Å². The maximum atomic E-state index is 12.4. The third kappa shape index (κ3) is 4.69. The fraction of sp³-hybridized carbons (Fsp3) is 0.462. The Balaban J connectivity index is 3.18. The van der Waals surface area contributed by atoms with E-state index in [4.69, 9.17) is 5.73 Å². The largest absolute Gasteiger partial charge is 0.465 e. The summed E-state index contributed by atoms with van der Waals surface area (Å²) in [7, 11) is -2.79. The molecule has 0 amide bonds. The van der Waals surface area contributed by atoms with Crippen LogP contribution in [0.1, 0.15) is 30.6 Å². The van der Waals surface area contributed by atoms with Crippen LogP contribution < -0.4 is 10.5 Å². The maximum absolute atomic E-state index is 12.4. The van der Waals surface area contributed by atoms with E-state index < -0.39 is 28.1 Å². The zero-order valence-corrected chi connectivity index (χ0v) is 13.0. The Morgan fingerprint density at radius 3 is 2.57 bits per heavy atom. The number of aliphatic hydroxyl groups excluding tert-OH is 1. The van der Waals surface area contributed by atoms with E-state index in [9.17, 15) is 18.3 Å². The van der Waals surface area contributed by atoms with E-state index in [1.54, 1.807) is 13.8 Å². The van der Waals surface area contributed by atoms with Crippen LogP contribution in [0.2, 0.25) is 0 Å². The summed E-state index contributed by atoms with van der Waals surface area (Å²) in [5.41, 5.74) is 5.71. The summed E-state index contributed by atoms with van der Waals surface area (Å²) in [5, 5.41) is 9.29. The van der Waals surface area contributed by atoms with Crippen molar-refractivity contribution in [2.45, 2.75) is 37.3 Å². The highest BCUT2D eigenvalue weighted by molar-refractivity contribution is 7.89. The monoisotopic (exact) mass is 316 g/mol. The lowest BCUT2D eigenvalue weighted by atomic mass is 10.2.